The number of nitrogens with one attached hydrogen (secondary N) is 1. The van der Waals surface area contributed by atoms with Crippen molar-refractivity contribution in [1.82, 2.24) is 0 Å². The lowest BCUT2D eigenvalue weighted by Gasteiger charge is -1.70. The molecule has 0 aliphatic rings. The Hall–Kier alpha value is -9.80. The first kappa shape index (κ1) is 37.2. The van der Waals surface area contributed by atoms with Gasteiger partial charge in [0.15, 0.2) is 0 Å². The highest BCUT2D eigenvalue weighted by Gasteiger charge is 1.74. The van der Waals surface area contributed by atoms with E-state index >= 15 is 0 Å². The average molecular weight is 690 g/mol. The van der Waals surface area contributed by atoms with E-state index in [4.69, 9.17) is 1.41 Å². The van der Waals surface area contributed by atoms with Crippen LogP contribution in [-0.4, -0.2) is 0 Å². The van der Waals surface area contributed by atoms with Gasteiger partial charge in [-0.3, -0.25) is 0 Å². The Balaban J connectivity index is 4.05. The molecule has 3 N–H and O–H groups in total. The van der Waals surface area contributed by atoms with Crippen LogP contribution in [0.15, 0.2) is 245 Å². The number of nitrogens with two attached hydrogens (primary N) is 1. The van der Waals surface area contributed by atoms with Crippen molar-refractivity contribution in [3.8, 4) is 0 Å². The van der Waals surface area contributed by atoms with E-state index in [1.165, 1.54) is 0 Å². The number of rotatable bonds is 23. The summed E-state index contributed by atoms with van der Waals surface area (Å²) in [5.74, 6) is 4.62. The minimum absolute atomic E-state index is 2.50. The van der Waals surface area contributed by atoms with Gasteiger partial charge in [0, 0.05) is 162 Å². The lowest BCUT2D eigenvalue weighted by Crippen LogP contribution is -1.70. The van der Waals surface area contributed by atoms with Gasteiger partial charge < -0.3 is 5.84 Å². The monoisotopic (exact) mass is 690 g/mol. The quantitative estimate of drug-likeness (QED) is 0.0595. The van der Waals surface area contributed by atoms with E-state index < -0.39 is 0 Å². The Bertz CT molecular complexity index is 1450. The second-order valence-corrected chi connectivity index (χ2v) is 4.23. The van der Waals surface area contributed by atoms with Crippen LogP contribution in [0.1, 0.15) is 0 Å². The van der Waals surface area contributed by atoms with Crippen molar-refractivity contribution in [2.24, 2.45) is 251 Å². The Kier molecular flexibility index (Phi) is 29.0. The summed E-state index contributed by atoms with van der Waals surface area (Å²) < 4.78 is 6.25. The molecule has 0 heterocycles. The molecule has 0 aromatic heterocycles. The fourth-order valence-electron chi connectivity index (χ4n) is 0.810. The van der Waals surface area contributed by atoms with E-state index in [1.54, 1.807) is 0 Å². The van der Waals surface area contributed by atoms with Crippen LogP contribution in [0.2, 0.25) is 1.41 Å². The van der Waals surface area contributed by atoms with E-state index in [0.29, 0.717) is 0 Å². The van der Waals surface area contributed by atoms with Gasteiger partial charge in [0.1, 0.15) is 0 Å². The highest BCUT2D eigenvalue weighted by molar-refractivity contribution is 4.17. The molecular formula is H3N49. The largest absolute Gasteiger partial charge is 0.303 e. The zero-order valence-corrected chi connectivity index (χ0v) is 22.0. The molecule has 0 aliphatic heterocycles. The van der Waals surface area contributed by atoms with Crippen LogP contribution in [0.5, 0.6) is 0 Å². The van der Waals surface area contributed by atoms with Gasteiger partial charge in [-0.15, -0.1) is 0 Å². The predicted octanol–water partition coefficient (Wildman–Crippen LogP) is 8.34. The Morgan fingerprint density at radius 1 is 0.204 bits per heavy atom. The first-order valence-corrected chi connectivity index (χ1v) is 9.66. The smallest absolute Gasteiger partial charge is 0.216 e. The van der Waals surface area contributed by atoms with Gasteiger partial charge in [-0.1, -0.05) is 5.22 Å². The van der Waals surface area contributed by atoms with Crippen molar-refractivity contribution in [2.75, 3.05) is 0 Å². The predicted molar refractivity (Wildman–Crippen MR) is 121 cm³/mol. The van der Waals surface area contributed by atoms with Gasteiger partial charge in [0.25, 0.3) is 0 Å². The topological polar surface area (TPSA) is 631 Å². The van der Waals surface area contributed by atoms with Crippen LogP contribution in [-0.2, 0) is 0 Å². The first-order chi connectivity index (χ1) is 24.9. The molecule has 0 fully saturated rings. The van der Waals surface area contributed by atoms with Crippen molar-refractivity contribution in [2.45, 2.75) is 0 Å². The second kappa shape index (κ2) is 38.2. The highest BCUT2D eigenvalue weighted by Crippen LogP contribution is 1.93. The summed E-state index contributed by atoms with van der Waals surface area (Å²) in [4.78, 5) is 0. The van der Waals surface area contributed by atoms with Crippen molar-refractivity contribution < 1.29 is 1.41 Å². The van der Waals surface area contributed by atoms with Crippen molar-refractivity contribution >= 4 is 0 Å². The van der Waals surface area contributed by atoms with Gasteiger partial charge in [-0.2, -0.15) is 5.52 Å². The van der Waals surface area contributed by atoms with E-state index in [1.807, 2.05) is 0 Å². The molecule has 0 aliphatic carbocycles. The van der Waals surface area contributed by atoms with E-state index in [-0.39, 0.29) is 0 Å². The zero-order valence-electron chi connectivity index (χ0n) is 23.0. The van der Waals surface area contributed by atoms with E-state index in [2.05, 4.69) is 257 Å². The van der Waals surface area contributed by atoms with Gasteiger partial charge in [-0.05, 0) is 78.3 Å². The Morgan fingerprint density at radius 2 is 0.327 bits per heavy atom. The maximum absolute atomic E-state index is 6.25. The highest BCUT2D eigenvalue weighted by atomic mass is 15.8. The van der Waals surface area contributed by atoms with Crippen molar-refractivity contribution in [3.63, 3.8) is 0 Å². The minimum atomic E-state index is 2.50. The standard InChI is InChI=1S/H3N49/c1-3-5-7-9-11-13-15-17-19-21-23-25-27-29-31-33-35-37-39-41-43-45-47-49-48-46-44-42-40-38-36-34-32-30-28-26-24-22-20-18-16-14-12-10-8-6-4-2/h(H3,1,2,5,6,9,10,13,14,17,18,21,22,25,26,29,30,33,34,37,38,41,42,45,46,49)/i/hD. The SMILES string of the molecule is [2H]N=N/N=N/N=N/N=N/N=N/N=N/N=N/N=N/N=N/N=N/N=N/N=N/N=N/N=N/N=N/N=N/N=N/N=N/N=N/N=N/N=N/N=N/N=N/N=N/N. The number of hydrogen-bond acceptors (Lipinski definition) is 2. The number of hydrogen-bond donors (Lipinski definition) is 2. The van der Waals surface area contributed by atoms with Gasteiger partial charge in [0.05, 0.1) is 0 Å². The third-order valence-electron chi connectivity index (χ3n) is 1.85. The minimum Gasteiger partial charge on any atom is -0.303 e. The average Bonchev–Trinajstić information content (AvgIpc) is 3.13. The van der Waals surface area contributed by atoms with Crippen LogP contribution in [0.25, 0.3) is 0 Å². The summed E-state index contributed by atoms with van der Waals surface area (Å²) >= 11 is 0. The third-order valence-corrected chi connectivity index (χ3v) is 1.85. The Labute approximate surface area is 259 Å². The van der Waals surface area contributed by atoms with Crippen LogP contribution < -0.4 is 5.84 Å². The molecule has 49 heteroatoms. The summed E-state index contributed by atoms with van der Waals surface area (Å²) in [7, 11) is 0. The van der Waals surface area contributed by atoms with Crippen LogP contribution in [0, 0.1) is 5.52 Å². The van der Waals surface area contributed by atoms with Crippen molar-refractivity contribution in [3.05, 3.63) is 0 Å². The summed E-state index contributed by atoms with van der Waals surface area (Å²) in [6, 6.07) is 0. The summed E-state index contributed by atoms with van der Waals surface area (Å²) in [5, 5.41) is 140. The number of nitrogens with zero attached hydrogens (tertiary/aromatic N) is 47. The second-order valence-electron chi connectivity index (χ2n) is 4.23. The maximum atomic E-state index is 6.25. The molecule has 0 amide bonds. The van der Waals surface area contributed by atoms with Crippen LogP contribution in [0.4, 0.5) is 0 Å². The summed E-state index contributed by atoms with van der Waals surface area (Å²) in [5.41, 5.74) is 2.50. The van der Waals surface area contributed by atoms with Crippen LogP contribution >= 0.6 is 0 Å². The molecule has 0 saturated carbocycles. The molecular weight excluding hydrogens is 686 g/mol. The van der Waals surface area contributed by atoms with Crippen LogP contribution in [0.3, 0.4) is 0 Å². The zero-order chi connectivity index (χ0) is 35.9. The molecule has 0 saturated heterocycles. The molecule has 0 spiro atoms. The molecule has 0 bridgehead atoms. The molecule has 0 aromatic carbocycles. The molecule has 49 heavy (non-hydrogen) atoms. The molecule has 0 atom stereocenters. The van der Waals surface area contributed by atoms with E-state index in [9.17, 15) is 0 Å². The summed E-state index contributed by atoms with van der Waals surface area (Å²) in [6.07, 6.45) is 0. The third kappa shape index (κ3) is 38.2. The lowest BCUT2D eigenvalue weighted by molar-refractivity contribution is 0.725. The first-order valence-electron chi connectivity index (χ1n) is 10.1. The fourth-order valence-corrected chi connectivity index (χ4v) is 0.810. The molecule has 0 radical (unpaired) electrons. The van der Waals surface area contributed by atoms with Gasteiger partial charge in [-0.25, -0.2) is 0 Å². The maximum Gasteiger partial charge on any atom is 0.216 e. The Morgan fingerprint density at radius 3 is 0.449 bits per heavy atom. The molecule has 0 rings (SSSR count). The molecule has 248 valence electrons. The molecule has 0 unspecified atom stereocenters. The van der Waals surface area contributed by atoms with Gasteiger partial charge in [0.2, 0.25) is 1.41 Å². The van der Waals surface area contributed by atoms with Gasteiger partial charge >= 0.3 is 0 Å². The summed E-state index contributed by atoms with van der Waals surface area (Å²) in [6.45, 7) is 0. The molecule has 49 nitrogen and oxygen atoms in total. The van der Waals surface area contributed by atoms with Crippen molar-refractivity contribution in [1.29, 1.82) is 5.52 Å². The molecule has 0 aromatic rings. The normalized spacial score (nSPS) is 15.8. The fraction of sp³-hybridized carbons (Fsp3) is 0. The lowest BCUT2D eigenvalue weighted by atomic mass is 12.3. The van der Waals surface area contributed by atoms with E-state index in [0.717, 1.165) is 0 Å².